The molecule has 0 spiro atoms. The summed E-state index contributed by atoms with van der Waals surface area (Å²) in [4.78, 5) is 25.8. The third-order valence-electron chi connectivity index (χ3n) is 4.24. The van der Waals surface area contributed by atoms with Crippen molar-refractivity contribution in [1.82, 2.24) is 10.2 Å². The van der Waals surface area contributed by atoms with E-state index in [1.54, 1.807) is 0 Å². The topological polar surface area (TPSA) is 69.6 Å². The van der Waals surface area contributed by atoms with E-state index in [2.05, 4.69) is 24.1 Å². The lowest BCUT2D eigenvalue weighted by Crippen LogP contribution is -2.47. The molecule has 0 aromatic heterocycles. The number of amides is 1. The summed E-state index contributed by atoms with van der Waals surface area (Å²) in [6.07, 6.45) is 3.18. The van der Waals surface area contributed by atoms with Crippen molar-refractivity contribution in [2.24, 2.45) is 11.8 Å². The summed E-state index contributed by atoms with van der Waals surface area (Å²) in [5, 5.41) is 12.2. The first kappa shape index (κ1) is 17.0. The number of nitrogens with one attached hydrogen (secondary N) is 1. The first-order valence-corrected chi connectivity index (χ1v) is 7.75. The highest BCUT2D eigenvalue weighted by Crippen LogP contribution is 2.30. The number of carboxylic acid groups (broad SMARTS) is 1. The van der Waals surface area contributed by atoms with E-state index in [1.165, 1.54) is 0 Å². The van der Waals surface area contributed by atoms with Crippen LogP contribution >= 0.6 is 0 Å². The number of nitrogens with zero attached hydrogens (tertiary/aromatic N) is 1. The van der Waals surface area contributed by atoms with Crippen molar-refractivity contribution < 1.29 is 14.7 Å². The van der Waals surface area contributed by atoms with Crippen LogP contribution in [-0.4, -0.2) is 47.6 Å². The highest BCUT2D eigenvalue weighted by Gasteiger charge is 2.36. The predicted octanol–water partition coefficient (Wildman–Crippen LogP) is 1.72. The minimum Gasteiger partial charge on any atom is -0.481 e. The molecule has 0 saturated heterocycles. The first-order valence-electron chi connectivity index (χ1n) is 7.75. The van der Waals surface area contributed by atoms with Crippen LogP contribution in [-0.2, 0) is 9.59 Å². The number of hydrogen-bond donors (Lipinski definition) is 2. The minimum atomic E-state index is -0.832. The molecule has 1 amide bonds. The molecule has 1 aliphatic rings. The maximum Gasteiger partial charge on any atom is 0.307 e. The molecule has 1 fully saturated rings. The zero-order valence-corrected chi connectivity index (χ0v) is 12.9. The van der Waals surface area contributed by atoms with Crippen molar-refractivity contribution in [2.75, 3.05) is 19.6 Å². The molecule has 5 heteroatoms. The molecule has 0 heterocycles. The molecular formula is C15H28N2O3. The quantitative estimate of drug-likeness (QED) is 0.747. The molecule has 0 aromatic rings. The van der Waals surface area contributed by atoms with Gasteiger partial charge in [0.05, 0.1) is 11.8 Å². The number of carboxylic acids is 1. The van der Waals surface area contributed by atoms with Crippen LogP contribution in [0.15, 0.2) is 0 Å². The van der Waals surface area contributed by atoms with Crippen molar-refractivity contribution in [2.45, 2.75) is 52.5 Å². The Hall–Kier alpha value is -1.10. The van der Waals surface area contributed by atoms with E-state index >= 15 is 0 Å². The van der Waals surface area contributed by atoms with E-state index < -0.39 is 11.9 Å². The lowest BCUT2D eigenvalue weighted by molar-refractivity contribution is -0.149. The average molecular weight is 284 g/mol. The summed E-state index contributed by atoms with van der Waals surface area (Å²) in [7, 11) is 0. The zero-order chi connectivity index (χ0) is 15.1. The third-order valence-corrected chi connectivity index (χ3v) is 4.24. The summed E-state index contributed by atoms with van der Waals surface area (Å²) in [6, 6.07) is 0.0544. The zero-order valence-electron chi connectivity index (χ0n) is 12.9. The fourth-order valence-electron chi connectivity index (χ4n) is 3.00. The molecule has 0 radical (unpaired) electrons. The Balaban J connectivity index is 2.53. The molecule has 3 atom stereocenters. The summed E-state index contributed by atoms with van der Waals surface area (Å²) in [6.45, 7) is 8.90. The van der Waals surface area contributed by atoms with Crippen molar-refractivity contribution in [3.63, 3.8) is 0 Å². The molecule has 20 heavy (non-hydrogen) atoms. The van der Waals surface area contributed by atoms with Crippen LogP contribution in [0.4, 0.5) is 0 Å². The van der Waals surface area contributed by atoms with Gasteiger partial charge in [0.15, 0.2) is 0 Å². The van der Waals surface area contributed by atoms with Gasteiger partial charge in [-0.3, -0.25) is 9.59 Å². The summed E-state index contributed by atoms with van der Waals surface area (Å²) in [5.41, 5.74) is 0. The van der Waals surface area contributed by atoms with Gasteiger partial charge < -0.3 is 15.3 Å². The Morgan fingerprint density at radius 1 is 1.20 bits per heavy atom. The Bertz CT molecular complexity index is 329. The molecule has 1 aliphatic carbocycles. The molecular weight excluding hydrogens is 256 g/mol. The van der Waals surface area contributed by atoms with Gasteiger partial charge in [-0.2, -0.15) is 0 Å². The molecule has 1 rings (SSSR count). The van der Waals surface area contributed by atoms with E-state index in [4.69, 9.17) is 0 Å². The van der Waals surface area contributed by atoms with Crippen LogP contribution in [0.5, 0.6) is 0 Å². The molecule has 116 valence electrons. The highest BCUT2D eigenvalue weighted by atomic mass is 16.4. The Labute approximate surface area is 121 Å². The second-order valence-corrected chi connectivity index (χ2v) is 5.73. The standard InChI is InChI=1S/C15H28N2O3/c1-4-17(5-2)10-11(3)16-14(18)12-8-6-7-9-13(12)15(19)20/h11-13H,4-10H2,1-3H3,(H,16,18)(H,19,20). The molecule has 0 bridgehead atoms. The van der Waals surface area contributed by atoms with Gasteiger partial charge in [-0.15, -0.1) is 0 Å². The normalized spacial score (nSPS) is 24.4. The Kier molecular flexibility index (Phi) is 6.99. The number of aliphatic carboxylic acids is 1. The fourth-order valence-corrected chi connectivity index (χ4v) is 3.00. The summed E-state index contributed by atoms with van der Waals surface area (Å²) < 4.78 is 0. The summed E-state index contributed by atoms with van der Waals surface area (Å²) in [5.74, 6) is -1.79. The average Bonchev–Trinajstić information content (AvgIpc) is 2.44. The van der Waals surface area contributed by atoms with E-state index in [0.29, 0.717) is 12.8 Å². The van der Waals surface area contributed by atoms with E-state index in [9.17, 15) is 14.7 Å². The maximum absolute atomic E-state index is 12.3. The van der Waals surface area contributed by atoms with Gasteiger partial charge in [0.25, 0.3) is 0 Å². The number of carbonyl (C=O) groups is 2. The van der Waals surface area contributed by atoms with Gasteiger partial charge in [0.1, 0.15) is 0 Å². The van der Waals surface area contributed by atoms with Gasteiger partial charge >= 0.3 is 5.97 Å². The number of likely N-dealkylation sites (N-methyl/N-ethyl adjacent to an activating group) is 1. The SMILES string of the molecule is CCN(CC)CC(C)NC(=O)C1CCCCC1C(=O)O. The number of rotatable bonds is 7. The van der Waals surface area contributed by atoms with Crippen LogP contribution in [0, 0.1) is 11.8 Å². The first-order chi connectivity index (χ1) is 9.49. The van der Waals surface area contributed by atoms with E-state index in [0.717, 1.165) is 32.5 Å². The third kappa shape index (κ3) is 4.78. The minimum absolute atomic E-state index is 0.0544. The number of carbonyl (C=O) groups excluding carboxylic acids is 1. The largest absolute Gasteiger partial charge is 0.481 e. The fraction of sp³-hybridized carbons (Fsp3) is 0.867. The highest BCUT2D eigenvalue weighted by molar-refractivity contribution is 5.85. The molecule has 1 saturated carbocycles. The monoisotopic (exact) mass is 284 g/mol. The lowest BCUT2D eigenvalue weighted by Gasteiger charge is -2.30. The van der Waals surface area contributed by atoms with Crippen LogP contribution in [0.25, 0.3) is 0 Å². The van der Waals surface area contributed by atoms with Crippen molar-refractivity contribution in [1.29, 1.82) is 0 Å². The molecule has 0 aliphatic heterocycles. The van der Waals surface area contributed by atoms with Crippen LogP contribution in [0.1, 0.15) is 46.5 Å². The molecule has 0 aromatic carbocycles. The maximum atomic E-state index is 12.3. The second kappa shape index (κ2) is 8.25. The van der Waals surface area contributed by atoms with Gasteiger partial charge in [0.2, 0.25) is 5.91 Å². The van der Waals surface area contributed by atoms with Gasteiger partial charge in [-0.05, 0) is 32.9 Å². The lowest BCUT2D eigenvalue weighted by atomic mass is 9.78. The van der Waals surface area contributed by atoms with Gasteiger partial charge in [-0.1, -0.05) is 26.7 Å². The van der Waals surface area contributed by atoms with E-state index in [-0.39, 0.29) is 17.9 Å². The predicted molar refractivity (Wildman–Crippen MR) is 78.5 cm³/mol. The molecule has 3 unspecified atom stereocenters. The van der Waals surface area contributed by atoms with Gasteiger partial charge in [-0.25, -0.2) is 0 Å². The van der Waals surface area contributed by atoms with Crippen molar-refractivity contribution >= 4 is 11.9 Å². The smallest absolute Gasteiger partial charge is 0.307 e. The van der Waals surface area contributed by atoms with Crippen molar-refractivity contribution in [3.8, 4) is 0 Å². The summed E-state index contributed by atoms with van der Waals surface area (Å²) >= 11 is 0. The Morgan fingerprint density at radius 3 is 2.25 bits per heavy atom. The molecule has 2 N–H and O–H groups in total. The molecule has 5 nitrogen and oxygen atoms in total. The van der Waals surface area contributed by atoms with Gasteiger partial charge in [0, 0.05) is 12.6 Å². The van der Waals surface area contributed by atoms with Crippen molar-refractivity contribution in [3.05, 3.63) is 0 Å². The van der Waals surface area contributed by atoms with Crippen LogP contribution < -0.4 is 5.32 Å². The van der Waals surface area contributed by atoms with Crippen LogP contribution in [0.2, 0.25) is 0 Å². The van der Waals surface area contributed by atoms with Crippen LogP contribution in [0.3, 0.4) is 0 Å². The second-order valence-electron chi connectivity index (χ2n) is 5.73. The van der Waals surface area contributed by atoms with E-state index in [1.807, 2.05) is 6.92 Å². The Morgan fingerprint density at radius 2 is 1.75 bits per heavy atom. The number of hydrogen-bond acceptors (Lipinski definition) is 3.